The van der Waals surface area contributed by atoms with Crippen LogP contribution in [0.15, 0.2) is 40.9 Å². The van der Waals surface area contributed by atoms with Gasteiger partial charge in [0.2, 0.25) is 5.89 Å². The minimum atomic E-state index is -1.07. The average molecular weight is 332 g/mol. The molecule has 0 saturated carbocycles. The second-order valence-electron chi connectivity index (χ2n) is 4.96. The Kier molecular flexibility index (Phi) is 4.49. The lowest BCUT2D eigenvalue weighted by Crippen LogP contribution is -1.99. The fourth-order valence-corrected chi connectivity index (χ4v) is 4.24. The molecule has 0 spiro atoms. The van der Waals surface area contributed by atoms with Gasteiger partial charge in [-0.25, -0.2) is 9.97 Å². The van der Waals surface area contributed by atoms with E-state index in [1.807, 2.05) is 50.4 Å². The van der Waals surface area contributed by atoms with Crippen LogP contribution in [0.25, 0.3) is 10.4 Å². The van der Waals surface area contributed by atoms with Crippen LogP contribution < -0.4 is 0 Å². The molecule has 0 aliphatic carbocycles. The second-order valence-corrected chi connectivity index (χ2v) is 7.53. The molecule has 22 heavy (non-hydrogen) atoms. The Hall–Kier alpha value is -1.79. The summed E-state index contributed by atoms with van der Waals surface area (Å²) in [5, 5.41) is 0.872. The van der Waals surface area contributed by atoms with Gasteiger partial charge < -0.3 is 4.42 Å². The van der Waals surface area contributed by atoms with Crippen LogP contribution in [0.4, 0.5) is 0 Å². The summed E-state index contributed by atoms with van der Waals surface area (Å²) < 4.78 is 17.7. The minimum Gasteiger partial charge on any atom is -0.445 e. The van der Waals surface area contributed by atoms with E-state index < -0.39 is 10.8 Å². The molecule has 0 aliphatic heterocycles. The SMILES string of the molecule is Cc1nc(CS(=O)Cc2ncc(-c3ccccc3)s2)oc1C. The van der Waals surface area contributed by atoms with Crippen molar-refractivity contribution in [2.45, 2.75) is 25.4 Å². The van der Waals surface area contributed by atoms with E-state index in [1.54, 1.807) is 11.3 Å². The van der Waals surface area contributed by atoms with E-state index in [-0.39, 0.29) is 0 Å². The van der Waals surface area contributed by atoms with Crippen molar-refractivity contribution >= 4 is 22.1 Å². The molecular weight excluding hydrogens is 316 g/mol. The molecule has 0 amide bonds. The van der Waals surface area contributed by atoms with Crippen LogP contribution in [0.3, 0.4) is 0 Å². The van der Waals surface area contributed by atoms with Crippen molar-refractivity contribution in [1.29, 1.82) is 0 Å². The van der Waals surface area contributed by atoms with Gasteiger partial charge in [0.15, 0.2) is 0 Å². The van der Waals surface area contributed by atoms with Crippen molar-refractivity contribution in [1.82, 2.24) is 9.97 Å². The molecule has 3 rings (SSSR count). The van der Waals surface area contributed by atoms with Crippen molar-refractivity contribution in [3.05, 3.63) is 58.9 Å². The highest BCUT2D eigenvalue weighted by atomic mass is 32.2. The molecule has 4 nitrogen and oxygen atoms in total. The van der Waals surface area contributed by atoms with E-state index in [4.69, 9.17) is 4.42 Å². The molecule has 0 bridgehead atoms. The Bertz CT molecular complexity index is 774. The number of oxazole rings is 1. The molecular formula is C16H16N2O2S2. The van der Waals surface area contributed by atoms with Gasteiger partial charge in [-0.2, -0.15) is 0 Å². The fraction of sp³-hybridized carbons (Fsp3) is 0.250. The number of hydrogen-bond acceptors (Lipinski definition) is 5. The summed E-state index contributed by atoms with van der Waals surface area (Å²) in [4.78, 5) is 9.73. The second kappa shape index (κ2) is 6.54. The Balaban J connectivity index is 1.66. The van der Waals surface area contributed by atoms with E-state index in [0.29, 0.717) is 17.4 Å². The lowest BCUT2D eigenvalue weighted by Gasteiger charge is -1.96. The number of hydrogen-bond donors (Lipinski definition) is 0. The topological polar surface area (TPSA) is 56.0 Å². The van der Waals surface area contributed by atoms with Crippen molar-refractivity contribution in [3.63, 3.8) is 0 Å². The van der Waals surface area contributed by atoms with Crippen LogP contribution in [0.5, 0.6) is 0 Å². The summed E-state index contributed by atoms with van der Waals surface area (Å²) in [6, 6.07) is 10.1. The molecule has 0 radical (unpaired) electrons. The fourth-order valence-electron chi connectivity index (χ4n) is 2.04. The molecule has 0 aliphatic rings. The quantitative estimate of drug-likeness (QED) is 0.712. The zero-order valence-electron chi connectivity index (χ0n) is 12.4. The largest absolute Gasteiger partial charge is 0.445 e. The van der Waals surface area contributed by atoms with Crippen molar-refractivity contribution in [2.24, 2.45) is 0 Å². The molecule has 0 fully saturated rings. The third-order valence-corrected chi connectivity index (χ3v) is 5.65. The maximum Gasteiger partial charge on any atom is 0.207 e. The van der Waals surface area contributed by atoms with Crippen molar-refractivity contribution in [2.75, 3.05) is 0 Å². The number of rotatable bonds is 5. The molecule has 114 valence electrons. The van der Waals surface area contributed by atoms with Crippen LogP contribution in [-0.2, 0) is 22.3 Å². The highest BCUT2D eigenvalue weighted by molar-refractivity contribution is 7.83. The van der Waals surface area contributed by atoms with E-state index >= 15 is 0 Å². The van der Waals surface area contributed by atoms with Crippen molar-refractivity contribution < 1.29 is 8.63 Å². The predicted molar refractivity (Wildman–Crippen MR) is 89.1 cm³/mol. The first kappa shape index (κ1) is 15.1. The Morgan fingerprint density at radius 2 is 1.95 bits per heavy atom. The van der Waals surface area contributed by atoms with Gasteiger partial charge in [-0.1, -0.05) is 30.3 Å². The van der Waals surface area contributed by atoms with Crippen LogP contribution >= 0.6 is 11.3 Å². The number of aromatic nitrogens is 2. The van der Waals surface area contributed by atoms with Gasteiger partial charge in [0.1, 0.15) is 16.5 Å². The molecule has 0 saturated heterocycles. The molecule has 0 N–H and O–H groups in total. The van der Waals surface area contributed by atoms with E-state index in [9.17, 15) is 4.21 Å². The normalized spacial score (nSPS) is 12.5. The van der Waals surface area contributed by atoms with E-state index in [0.717, 1.165) is 26.9 Å². The van der Waals surface area contributed by atoms with Gasteiger partial charge >= 0.3 is 0 Å². The van der Waals surface area contributed by atoms with Gasteiger partial charge in [-0.3, -0.25) is 4.21 Å². The van der Waals surface area contributed by atoms with Gasteiger partial charge in [-0.05, 0) is 19.4 Å². The smallest absolute Gasteiger partial charge is 0.207 e. The van der Waals surface area contributed by atoms with Gasteiger partial charge in [0.25, 0.3) is 0 Å². The van der Waals surface area contributed by atoms with Gasteiger partial charge in [-0.15, -0.1) is 11.3 Å². The van der Waals surface area contributed by atoms with Crippen LogP contribution in [0.2, 0.25) is 0 Å². The summed E-state index contributed by atoms with van der Waals surface area (Å²) >= 11 is 1.58. The molecule has 1 aromatic carbocycles. The number of benzene rings is 1. The first-order chi connectivity index (χ1) is 10.6. The summed E-state index contributed by atoms with van der Waals surface area (Å²) in [7, 11) is -1.07. The average Bonchev–Trinajstić information content (AvgIpc) is 3.07. The predicted octanol–water partition coefficient (Wildman–Crippen LogP) is 3.86. The standard InChI is InChI=1S/C16H16N2O2S2/c1-11-12(2)20-15(18-11)9-22(19)10-16-17-8-14(21-16)13-6-4-3-5-7-13/h3-8H,9-10H2,1-2H3. The summed E-state index contributed by atoms with van der Waals surface area (Å²) in [5.41, 5.74) is 1.99. The lowest BCUT2D eigenvalue weighted by molar-refractivity contribution is 0.487. The van der Waals surface area contributed by atoms with E-state index in [1.165, 1.54) is 0 Å². The lowest BCUT2D eigenvalue weighted by atomic mass is 10.2. The summed E-state index contributed by atoms with van der Waals surface area (Å²) in [5.74, 6) is 2.08. The third kappa shape index (κ3) is 3.51. The van der Waals surface area contributed by atoms with Crippen LogP contribution in [0, 0.1) is 13.8 Å². The number of thiazole rings is 1. The summed E-state index contributed by atoms with van der Waals surface area (Å²) in [6.45, 7) is 3.75. The third-order valence-electron chi connectivity index (χ3n) is 3.25. The maximum atomic E-state index is 12.2. The monoisotopic (exact) mass is 332 g/mol. The minimum absolute atomic E-state index is 0.328. The van der Waals surface area contributed by atoms with E-state index in [2.05, 4.69) is 9.97 Å². The van der Waals surface area contributed by atoms with Crippen LogP contribution in [0.1, 0.15) is 22.4 Å². The van der Waals surface area contributed by atoms with Crippen molar-refractivity contribution in [3.8, 4) is 10.4 Å². The Labute approximate surface area is 135 Å². The number of aryl methyl sites for hydroxylation is 2. The Morgan fingerprint density at radius 1 is 1.18 bits per heavy atom. The zero-order valence-corrected chi connectivity index (χ0v) is 14.0. The molecule has 2 heterocycles. The number of nitrogens with zero attached hydrogens (tertiary/aromatic N) is 2. The molecule has 2 aromatic heterocycles. The molecule has 6 heteroatoms. The highest BCUT2D eigenvalue weighted by Crippen LogP contribution is 2.26. The molecule has 3 aromatic rings. The maximum absolute atomic E-state index is 12.2. The highest BCUT2D eigenvalue weighted by Gasteiger charge is 2.12. The Morgan fingerprint density at radius 3 is 2.64 bits per heavy atom. The first-order valence-electron chi connectivity index (χ1n) is 6.90. The first-order valence-corrected chi connectivity index (χ1v) is 9.20. The molecule has 1 atom stereocenters. The van der Waals surface area contributed by atoms with Gasteiger partial charge in [0.05, 0.1) is 16.3 Å². The van der Waals surface area contributed by atoms with Gasteiger partial charge in [0, 0.05) is 17.0 Å². The zero-order chi connectivity index (χ0) is 15.5. The van der Waals surface area contributed by atoms with Crippen LogP contribution in [-0.4, -0.2) is 14.2 Å². The molecule has 1 unspecified atom stereocenters. The summed E-state index contributed by atoms with van der Waals surface area (Å²) in [6.07, 6.45) is 1.84.